The van der Waals surface area contributed by atoms with E-state index in [1.807, 2.05) is 6.07 Å². The molecule has 0 radical (unpaired) electrons. The van der Waals surface area contributed by atoms with Gasteiger partial charge in [0.1, 0.15) is 12.7 Å². The van der Waals surface area contributed by atoms with Gasteiger partial charge < -0.3 is 5.32 Å². The molecule has 25 heavy (non-hydrogen) atoms. The van der Waals surface area contributed by atoms with Gasteiger partial charge in [0, 0.05) is 11.6 Å². The van der Waals surface area contributed by atoms with Crippen LogP contribution in [0.3, 0.4) is 0 Å². The van der Waals surface area contributed by atoms with E-state index in [0.29, 0.717) is 25.1 Å². The molecule has 2 aromatic rings. The van der Waals surface area contributed by atoms with Crippen molar-refractivity contribution in [2.24, 2.45) is 11.8 Å². The van der Waals surface area contributed by atoms with Crippen molar-refractivity contribution < 1.29 is 18.0 Å². The van der Waals surface area contributed by atoms with Crippen LogP contribution in [-0.4, -0.2) is 26.8 Å². The Kier molecular flexibility index (Phi) is 5.06. The first-order valence-corrected chi connectivity index (χ1v) is 8.22. The maximum Gasteiger partial charge on any atom is 0.392 e. The number of anilines is 1. The number of amides is 1. The maximum atomic E-state index is 13.2. The van der Waals surface area contributed by atoms with Crippen LogP contribution in [0.25, 0.3) is 0 Å². The highest BCUT2D eigenvalue weighted by atomic mass is 19.4. The van der Waals surface area contributed by atoms with Gasteiger partial charge in [-0.3, -0.25) is 4.79 Å². The lowest BCUT2D eigenvalue weighted by atomic mass is 9.78. The lowest BCUT2D eigenvalue weighted by Crippen LogP contribution is -2.39. The van der Waals surface area contributed by atoms with Crippen molar-refractivity contribution in [2.45, 2.75) is 38.4 Å². The zero-order valence-corrected chi connectivity index (χ0v) is 13.5. The Morgan fingerprint density at radius 1 is 1.28 bits per heavy atom. The summed E-state index contributed by atoms with van der Waals surface area (Å²) in [7, 11) is 0. The zero-order valence-electron chi connectivity index (χ0n) is 13.5. The van der Waals surface area contributed by atoms with Crippen LogP contribution in [0.1, 0.15) is 31.2 Å². The normalized spacial score (nSPS) is 21.1. The number of hydrogen-bond donors (Lipinski definition) is 1. The first-order chi connectivity index (χ1) is 11.9. The van der Waals surface area contributed by atoms with E-state index in [-0.39, 0.29) is 12.8 Å². The SMILES string of the molecule is O=C(Nc1cccc(Cn2cncn2)c1)[C@H]1CCCC[C@H]1C(F)(F)F. The van der Waals surface area contributed by atoms with Gasteiger partial charge in [-0.1, -0.05) is 25.0 Å². The van der Waals surface area contributed by atoms with Gasteiger partial charge in [0.2, 0.25) is 5.91 Å². The molecule has 2 atom stereocenters. The second kappa shape index (κ2) is 7.25. The monoisotopic (exact) mass is 352 g/mol. The van der Waals surface area contributed by atoms with Crippen molar-refractivity contribution in [3.8, 4) is 0 Å². The lowest BCUT2D eigenvalue weighted by Gasteiger charge is -2.32. The Bertz CT molecular complexity index is 715. The Morgan fingerprint density at radius 3 is 2.80 bits per heavy atom. The van der Waals surface area contributed by atoms with Crippen LogP contribution >= 0.6 is 0 Å². The van der Waals surface area contributed by atoms with E-state index in [1.54, 1.807) is 29.2 Å². The highest BCUT2D eigenvalue weighted by Gasteiger charge is 2.48. The summed E-state index contributed by atoms with van der Waals surface area (Å²) in [6.07, 6.45) is 0.117. The molecule has 8 heteroatoms. The summed E-state index contributed by atoms with van der Waals surface area (Å²) in [5, 5.41) is 6.66. The van der Waals surface area contributed by atoms with Gasteiger partial charge in [-0.05, 0) is 30.5 Å². The number of hydrogen-bond acceptors (Lipinski definition) is 3. The van der Waals surface area contributed by atoms with Gasteiger partial charge in [0.15, 0.2) is 0 Å². The number of rotatable bonds is 4. The number of nitrogens with zero attached hydrogens (tertiary/aromatic N) is 3. The Morgan fingerprint density at radius 2 is 2.08 bits per heavy atom. The third-order valence-corrected chi connectivity index (χ3v) is 4.53. The highest BCUT2D eigenvalue weighted by molar-refractivity contribution is 5.92. The average Bonchev–Trinajstić information content (AvgIpc) is 3.07. The van der Waals surface area contributed by atoms with E-state index in [0.717, 1.165) is 5.56 Å². The number of alkyl halides is 3. The summed E-state index contributed by atoms with van der Waals surface area (Å²) in [5.41, 5.74) is 1.37. The van der Waals surface area contributed by atoms with Crippen molar-refractivity contribution in [1.29, 1.82) is 0 Å². The van der Waals surface area contributed by atoms with Gasteiger partial charge in [-0.25, -0.2) is 9.67 Å². The minimum Gasteiger partial charge on any atom is -0.326 e. The fourth-order valence-electron chi connectivity index (χ4n) is 3.32. The molecule has 134 valence electrons. The zero-order chi connectivity index (χ0) is 17.9. The molecule has 0 spiro atoms. The highest BCUT2D eigenvalue weighted by Crippen LogP contribution is 2.41. The predicted molar refractivity (Wildman–Crippen MR) is 85.7 cm³/mol. The molecular weight excluding hydrogens is 333 g/mol. The molecule has 1 aliphatic carbocycles. The quantitative estimate of drug-likeness (QED) is 0.914. The topological polar surface area (TPSA) is 59.8 Å². The fraction of sp³-hybridized carbons (Fsp3) is 0.471. The molecule has 1 fully saturated rings. The van der Waals surface area contributed by atoms with E-state index in [2.05, 4.69) is 15.4 Å². The molecule has 3 rings (SSSR count). The second-order valence-electron chi connectivity index (χ2n) is 6.32. The fourth-order valence-corrected chi connectivity index (χ4v) is 3.32. The van der Waals surface area contributed by atoms with E-state index in [9.17, 15) is 18.0 Å². The molecule has 0 saturated heterocycles. The molecule has 0 bridgehead atoms. The molecule has 0 aliphatic heterocycles. The summed E-state index contributed by atoms with van der Waals surface area (Å²) >= 11 is 0. The van der Waals surface area contributed by atoms with Gasteiger partial charge in [-0.2, -0.15) is 18.3 Å². The molecule has 1 aromatic heterocycles. The summed E-state index contributed by atoms with van der Waals surface area (Å²) in [6.45, 7) is 0.471. The number of carbonyl (C=O) groups is 1. The van der Waals surface area contributed by atoms with Crippen LogP contribution in [0.5, 0.6) is 0 Å². The Labute approximate surface area is 143 Å². The van der Waals surface area contributed by atoms with E-state index >= 15 is 0 Å². The minimum absolute atomic E-state index is 0.0218. The van der Waals surface area contributed by atoms with Crippen LogP contribution in [0.4, 0.5) is 18.9 Å². The molecule has 1 aromatic carbocycles. The largest absolute Gasteiger partial charge is 0.392 e. The Balaban J connectivity index is 1.69. The van der Waals surface area contributed by atoms with Gasteiger partial charge in [0.05, 0.1) is 12.5 Å². The van der Waals surface area contributed by atoms with Crippen molar-refractivity contribution >= 4 is 11.6 Å². The Hall–Kier alpha value is -2.38. The number of nitrogens with one attached hydrogen (secondary N) is 1. The van der Waals surface area contributed by atoms with Crippen LogP contribution in [-0.2, 0) is 11.3 Å². The number of carbonyl (C=O) groups excluding carboxylic acids is 1. The van der Waals surface area contributed by atoms with E-state index in [4.69, 9.17) is 0 Å². The van der Waals surface area contributed by atoms with Crippen molar-refractivity contribution in [3.63, 3.8) is 0 Å². The van der Waals surface area contributed by atoms with Crippen LogP contribution < -0.4 is 5.32 Å². The first kappa shape index (κ1) is 17.4. The molecule has 5 nitrogen and oxygen atoms in total. The van der Waals surface area contributed by atoms with E-state index in [1.165, 1.54) is 6.33 Å². The van der Waals surface area contributed by atoms with Crippen molar-refractivity contribution in [3.05, 3.63) is 42.5 Å². The van der Waals surface area contributed by atoms with Crippen molar-refractivity contribution in [2.75, 3.05) is 5.32 Å². The first-order valence-electron chi connectivity index (χ1n) is 8.22. The summed E-state index contributed by atoms with van der Waals surface area (Å²) in [4.78, 5) is 16.3. The molecule has 1 heterocycles. The van der Waals surface area contributed by atoms with Gasteiger partial charge in [0.25, 0.3) is 0 Å². The van der Waals surface area contributed by atoms with Gasteiger partial charge in [-0.15, -0.1) is 0 Å². The third-order valence-electron chi connectivity index (χ3n) is 4.53. The molecule has 1 aliphatic rings. The van der Waals surface area contributed by atoms with Crippen LogP contribution in [0, 0.1) is 11.8 Å². The molecule has 0 unspecified atom stereocenters. The molecule has 1 amide bonds. The third kappa shape index (κ3) is 4.37. The number of aromatic nitrogens is 3. The summed E-state index contributed by atoms with van der Waals surface area (Å²) in [5.74, 6) is -3.13. The molecule has 1 saturated carbocycles. The molecular formula is C17H19F3N4O. The number of benzene rings is 1. The minimum atomic E-state index is -4.34. The lowest BCUT2D eigenvalue weighted by molar-refractivity contribution is -0.197. The average molecular weight is 352 g/mol. The standard InChI is InChI=1S/C17H19F3N4O/c18-17(19,20)15-7-2-1-6-14(15)16(25)23-13-5-3-4-12(8-13)9-24-11-21-10-22-24/h3-5,8,10-11,14-15H,1-2,6-7,9H2,(H,23,25)/t14-,15+/m0/s1. The number of halogens is 3. The van der Waals surface area contributed by atoms with Crippen molar-refractivity contribution in [1.82, 2.24) is 14.8 Å². The molecule has 1 N–H and O–H groups in total. The van der Waals surface area contributed by atoms with Crippen LogP contribution in [0.2, 0.25) is 0 Å². The summed E-state index contributed by atoms with van der Waals surface area (Å²) < 4.78 is 41.1. The maximum absolute atomic E-state index is 13.2. The van der Waals surface area contributed by atoms with Gasteiger partial charge >= 0.3 is 6.18 Å². The predicted octanol–water partition coefficient (Wildman–Crippen LogP) is 3.63. The second-order valence-corrected chi connectivity index (χ2v) is 6.32. The van der Waals surface area contributed by atoms with E-state index < -0.39 is 23.9 Å². The van der Waals surface area contributed by atoms with Crippen LogP contribution in [0.15, 0.2) is 36.9 Å². The summed E-state index contributed by atoms with van der Waals surface area (Å²) in [6, 6.07) is 7.03. The smallest absolute Gasteiger partial charge is 0.326 e.